The highest BCUT2D eigenvalue weighted by molar-refractivity contribution is 5.82. The summed E-state index contributed by atoms with van der Waals surface area (Å²) in [7, 11) is 0. The number of carbonyl (C=O) groups excluding carboxylic acids is 2. The summed E-state index contributed by atoms with van der Waals surface area (Å²) >= 11 is 0. The number of para-hydroxylation sites is 2. The first kappa shape index (κ1) is 21.0. The number of amides is 2. The van der Waals surface area contributed by atoms with Gasteiger partial charge in [0.2, 0.25) is 12.0 Å². The molecule has 6 nitrogen and oxygen atoms in total. The summed E-state index contributed by atoms with van der Waals surface area (Å²) in [5.74, 6) is 0.323. The predicted octanol–water partition coefficient (Wildman–Crippen LogP) is 3.33. The summed E-state index contributed by atoms with van der Waals surface area (Å²) in [6.45, 7) is 0.553. The van der Waals surface area contributed by atoms with Crippen molar-refractivity contribution in [3.8, 4) is 11.5 Å². The van der Waals surface area contributed by atoms with Crippen LogP contribution in [0, 0.1) is 0 Å². The maximum absolute atomic E-state index is 13.2. The molecule has 2 amide bonds. The molecule has 1 saturated heterocycles. The highest BCUT2D eigenvalue weighted by Crippen LogP contribution is 2.33. The van der Waals surface area contributed by atoms with Crippen LogP contribution in [0.1, 0.15) is 30.0 Å². The molecule has 2 atom stereocenters. The van der Waals surface area contributed by atoms with E-state index in [4.69, 9.17) is 9.47 Å². The second-order valence-corrected chi connectivity index (χ2v) is 7.49. The smallest absolute Gasteiger partial charge is 0.416 e. The van der Waals surface area contributed by atoms with Gasteiger partial charge in [-0.2, -0.15) is 13.2 Å². The number of rotatable bonds is 5. The van der Waals surface area contributed by atoms with Crippen LogP contribution in [0.3, 0.4) is 0 Å². The van der Waals surface area contributed by atoms with Gasteiger partial charge in [-0.15, -0.1) is 0 Å². The molecule has 0 saturated carbocycles. The van der Waals surface area contributed by atoms with Crippen LogP contribution in [0.5, 0.6) is 11.5 Å². The molecular formula is C22H21F3N2O4. The van der Waals surface area contributed by atoms with Crippen LogP contribution in [-0.2, 0) is 15.8 Å². The van der Waals surface area contributed by atoms with Crippen LogP contribution < -0.4 is 14.8 Å². The molecule has 9 heteroatoms. The number of hydrogen-bond acceptors (Lipinski definition) is 4. The number of fused-ring (bicyclic) bond motifs is 1. The van der Waals surface area contributed by atoms with Gasteiger partial charge in [-0.05, 0) is 36.2 Å². The Morgan fingerprint density at radius 2 is 1.94 bits per heavy atom. The zero-order chi connectivity index (χ0) is 22.0. The molecule has 0 spiro atoms. The van der Waals surface area contributed by atoms with Gasteiger partial charge in [0.05, 0.1) is 11.6 Å². The molecular weight excluding hydrogens is 413 g/mol. The lowest BCUT2D eigenvalue weighted by molar-refractivity contribution is -0.137. The fraction of sp³-hybridized carbons (Fsp3) is 0.364. The van der Waals surface area contributed by atoms with Gasteiger partial charge < -0.3 is 19.7 Å². The van der Waals surface area contributed by atoms with Crippen molar-refractivity contribution < 1.29 is 32.2 Å². The fourth-order valence-electron chi connectivity index (χ4n) is 3.70. The van der Waals surface area contributed by atoms with Crippen molar-refractivity contribution in [1.82, 2.24) is 10.2 Å². The van der Waals surface area contributed by atoms with Crippen LogP contribution in [0.2, 0.25) is 0 Å². The second kappa shape index (κ2) is 8.49. The fourth-order valence-corrected chi connectivity index (χ4v) is 3.70. The average molecular weight is 434 g/mol. The van der Waals surface area contributed by atoms with E-state index in [0.29, 0.717) is 30.9 Å². The number of nitrogens with one attached hydrogen (secondary N) is 1. The lowest BCUT2D eigenvalue weighted by Gasteiger charge is -2.29. The summed E-state index contributed by atoms with van der Waals surface area (Å²) in [5, 5.41) is 2.75. The van der Waals surface area contributed by atoms with E-state index in [1.807, 2.05) is 0 Å². The van der Waals surface area contributed by atoms with Crippen LogP contribution >= 0.6 is 0 Å². The van der Waals surface area contributed by atoms with Gasteiger partial charge in [0.1, 0.15) is 6.61 Å². The topological polar surface area (TPSA) is 67.9 Å². The lowest BCUT2D eigenvalue weighted by atomic mass is 10.0. The Balaban J connectivity index is 1.55. The monoisotopic (exact) mass is 434 g/mol. The number of ether oxygens (including phenoxy) is 2. The van der Waals surface area contributed by atoms with Gasteiger partial charge in [-0.3, -0.25) is 9.59 Å². The van der Waals surface area contributed by atoms with E-state index in [1.165, 1.54) is 12.1 Å². The first-order chi connectivity index (χ1) is 14.8. The average Bonchev–Trinajstić information content (AvgIpc) is 3.16. The summed E-state index contributed by atoms with van der Waals surface area (Å²) in [4.78, 5) is 26.5. The van der Waals surface area contributed by atoms with E-state index in [9.17, 15) is 22.8 Å². The largest absolute Gasteiger partial charge is 0.485 e. The zero-order valence-corrected chi connectivity index (χ0v) is 16.5. The molecule has 2 aliphatic rings. The molecule has 4 rings (SSSR count). The van der Waals surface area contributed by atoms with Crippen LogP contribution in [0.4, 0.5) is 13.2 Å². The highest BCUT2D eigenvalue weighted by Gasteiger charge is 2.34. The van der Waals surface area contributed by atoms with E-state index in [1.54, 1.807) is 29.2 Å². The van der Waals surface area contributed by atoms with Crippen molar-refractivity contribution in [3.05, 3.63) is 59.7 Å². The van der Waals surface area contributed by atoms with Crippen molar-refractivity contribution in [2.24, 2.45) is 0 Å². The minimum Gasteiger partial charge on any atom is -0.485 e. The predicted molar refractivity (Wildman–Crippen MR) is 104 cm³/mol. The number of nitrogens with zero attached hydrogens (tertiary/aromatic N) is 1. The Bertz CT molecular complexity index is 979. The van der Waals surface area contributed by atoms with Crippen molar-refractivity contribution in [3.63, 3.8) is 0 Å². The number of alkyl halides is 3. The number of likely N-dealkylation sites (tertiary alicyclic amines) is 1. The van der Waals surface area contributed by atoms with Crippen molar-refractivity contribution in [2.75, 3.05) is 19.7 Å². The minimum atomic E-state index is -4.52. The number of hydrogen-bond donors (Lipinski definition) is 1. The second-order valence-electron chi connectivity index (χ2n) is 7.49. The number of halogens is 3. The third-order valence-corrected chi connectivity index (χ3v) is 5.31. The van der Waals surface area contributed by atoms with Gasteiger partial charge in [-0.25, -0.2) is 0 Å². The number of benzene rings is 2. The molecule has 1 fully saturated rings. The maximum Gasteiger partial charge on any atom is 0.416 e. The Morgan fingerprint density at radius 1 is 1.16 bits per heavy atom. The van der Waals surface area contributed by atoms with Crippen LogP contribution in [0.25, 0.3) is 0 Å². The molecule has 164 valence electrons. The lowest BCUT2D eigenvalue weighted by Crippen LogP contribution is -2.47. The van der Waals surface area contributed by atoms with Crippen molar-refractivity contribution >= 4 is 11.8 Å². The third-order valence-electron chi connectivity index (χ3n) is 5.31. The van der Waals surface area contributed by atoms with E-state index >= 15 is 0 Å². The van der Waals surface area contributed by atoms with Gasteiger partial charge in [0.25, 0.3) is 5.91 Å². The molecule has 0 unspecified atom stereocenters. The Labute approximate surface area is 176 Å². The molecule has 2 heterocycles. The summed E-state index contributed by atoms with van der Waals surface area (Å²) in [5.41, 5.74) is -0.553. The Hall–Kier alpha value is -3.23. The molecule has 2 aromatic carbocycles. The molecule has 0 aromatic heterocycles. The summed E-state index contributed by atoms with van der Waals surface area (Å²) in [6.07, 6.45) is -4.41. The van der Waals surface area contributed by atoms with E-state index in [-0.39, 0.29) is 24.6 Å². The number of carbonyl (C=O) groups is 2. The first-order valence-corrected chi connectivity index (χ1v) is 9.95. The highest BCUT2D eigenvalue weighted by atomic mass is 19.4. The van der Waals surface area contributed by atoms with Crippen molar-refractivity contribution in [2.45, 2.75) is 31.2 Å². The van der Waals surface area contributed by atoms with Gasteiger partial charge in [0, 0.05) is 19.5 Å². The van der Waals surface area contributed by atoms with Crippen molar-refractivity contribution in [1.29, 1.82) is 0 Å². The standard InChI is InChI=1S/C22H21F3N2O4/c23-22(24,25)15-6-3-5-14(11-15)16(12-27-10-4-9-20(27)28)26-21(29)19-13-30-17-7-1-2-8-18(17)31-19/h1-3,5-8,11,16,19H,4,9-10,12-13H2,(H,26,29)/t16-,19+/m0/s1. The van der Waals surface area contributed by atoms with Gasteiger partial charge >= 0.3 is 6.18 Å². The van der Waals surface area contributed by atoms with E-state index in [0.717, 1.165) is 12.1 Å². The zero-order valence-electron chi connectivity index (χ0n) is 16.5. The molecule has 1 N–H and O–H groups in total. The van der Waals surface area contributed by atoms with E-state index in [2.05, 4.69) is 5.32 Å². The third kappa shape index (κ3) is 4.76. The molecule has 0 radical (unpaired) electrons. The Kier molecular flexibility index (Phi) is 5.75. The molecule has 0 aliphatic carbocycles. The van der Waals surface area contributed by atoms with Gasteiger partial charge in [0.15, 0.2) is 11.5 Å². The molecule has 0 bridgehead atoms. The van der Waals surface area contributed by atoms with Crippen LogP contribution in [0.15, 0.2) is 48.5 Å². The molecule has 2 aliphatic heterocycles. The summed E-state index contributed by atoms with van der Waals surface area (Å²) in [6, 6.07) is 10.9. The Morgan fingerprint density at radius 3 is 2.65 bits per heavy atom. The maximum atomic E-state index is 13.2. The SMILES string of the molecule is O=C(N[C@@H](CN1CCCC1=O)c1cccc(C(F)(F)F)c1)[C@H]1COc2ccccc2O1. The summed E-state index contributed by atoms with van der Waals surface area (Å²) < 4.78 is 50.9. The van der Waals surface area contributed by atoms with E-state index < -0.39 is 29.8 Å². The molecule has 2 aromatic rings. The molecule has 31 heavy (non-hydrogen) atoms. The van der Waals surface area contributed by atoms with Crippen LogP contribution in [-0.4, -0.2) is 42.5 Å². The minimum absolute atomic E-state index is 0.0270. The quantitative estimate of drug-likeness (QED) is 0.784. The van der Waals surface area contributed by atoms with Gasteiger partial charge in [-0.1, -0.05) is 24.3 Å². The first-order valence-electron chi connectivity index (χ1n) is 9.95. The normalized spacial score (nSPS) is 19.3.